The SMILES string of the molecule is COc1cccnc1C(=O)c1cccc(N)c1C. The molecule has 0 atom stereocenters. The Kier molecular flexibility index (Phi) is 3.28. The highest BCUT2D eigenvalue weighted by Crippen LogP contribution is 2.22. The van der Waals surface area contributed by atoms with Gasteiger partial charge in [-0.1, -0.05) is 12.1 Å². The van der Waals surface area contributed by atoms with Crippen molar-refractivity contribution in [2.24, 2.45) is 0 Å². The first-order valence-electron chi connectivity index (χ1n) is 5.54. The van der Waals surface area contributed by atoms with Crippen LogP contribution in [0.25, 0.3) is 0 Å². The molecule has 0 bridgehead atoms. The van der Waals surface area contributed by atoms with Gasteiger partial charge in [0.2, 0.25) is 5.78 Å². The molecule has 0 amide bonds. The molecule has 1 aromatic carbocycles. The lowest BCUT2D eigenvalue weighted by Gasteiger charge is -2.09. The van der Waals surface area contributed by atoms with Crippen molar-refractivity contribution in [3.05, 3.63) is 53.3 Å². The van der Waals surface area contributed by atoms with Crippen molar-refractivity contribution in [2.75, 3.05) is 12.8 Å². The van der Waals surface area contributed by atoms with Crippen LogP contribution in [0.15, 0.2) is 36.5 Å². The predicted molar refractivity (Wildman–Crippen MR) is 69.8 cm³/mol. The van der Waals surface area contributed by atoms with E-state index in [2.05, 4.69) is 4.98 Å². The molecule has 1 heterocycles. The van der Waals surface area contributed by atoms with Crippen LogP contribution in [0.2, 0.25) is 0 Å². The smallest absolute Gasteiger partial charge is 0.215 e. The van der Waals surface area contributed by atoms with E-state index in [0.29, 0.717) is 22.7 Å². The highest BCUT2D eigenvalue weighted by Gasteiger charge is 2.18. The quantitative estimate of drug-likeness (QED) is 0.662. The van der Waals surface area contributed by atoms with Crippen molar-refractivity contribution in [1.29, 1.82) is 0 Å². The molecule has 0 aliphatic carbocycles. The molecule has 0 unspecified atom stereocenters. The zero-order valence-electron chi connectivity index (χ0n) is 10.3. The highest BCUT2D eigenvalue weighted by atomic mass is 16.5. The second-order valence-corrected chi connectivity index (χ2v) is 3.90. The summed E-state index contributed by atoms with van der Waals surface area (Å²) in [6.07, 6.45) is 1.57. The van der Waals surface area contributed by atoms with E-state index in [9.17, 15) is 4.79 Å². The molecule has 18 heavy (non-hydrogen) atoms. The number of benzene rings is 1. The fourth-order valence-electron chi connectivity index (χ4n) is 1.75. The lowest BCUT2D eigenvalue weighted by atomic mass is 10.0. The number of carbonyl (C=O) groups excluding carboxylic acids is 1. The van der Waals surface area contributed by atoms with Gasteiger partial charge in [-0.15, -0.1) is 0 Å². The van der Waals surface area contributed by atoms with E-state index >= 15 is 0 Å². The van der Waals surface area contributed by atoms with Gasteiger partial charge in [0.05, 0.1) is 7.11 Å². The number of pyridine rings is 1. The molecule has 0 spiro atoms. The number of nitrogens with two attached hydrogens (primary N) is 1. The van der Waals surface area contributed by atoms with Gasteiger partial charge in [-0.3, -0.25) is 4.79 Å². The van der Waals surface area contributed by atoms with Gasteiger partial charge in [-0.2, -0.15) is 0 Å². The van der Waals surface area contributed by atoms with Crippen LogP contribution in [-0.4, -0.2) is 17.9 Å². The number of hydrogen-bond acceptors (Lipinski definition) is 4. The number of ketones is 1. The topological polar surface area (TPSA) is 65.2 Å². The Balaban J connectivity index is 2.52. The number of rotatable bonds is 3. The second-order valence-electron chi connectivity index (χ2n) is 3.90. The first kappa shape index (κ1) is 12.1. The molecule has 0 saturated heterocycles. The average Bonchev–Trinajstić information content (AvgIpc) is 2.41. The normalized spacial score (nSPS) is 10.1. The number of hydrogen-bond donors (Lipinski definition) is 1. The zero-order valence-corrected chi connectivity index (χ0v) is 10.3. The molecule has 4 heteroatoms. The largest absolute Gasteiger partial charge is 0.494 e. The second kappa shape index (κ2) is 4.87. The number of carbonyl (C=O) groups is 1. The van der Waals surface area contributed by atoms with Crippen LogP contribution >= 0.6 is 0 Å². The lowest BCUT2D eigenvalue weighted by molar-refractivity contribution is 0.103. The summed E-state index contributed by atoms with van der Waals surface area (Å²) >= 11 is 0. The standard InChI is InChI=1S/C14H14N2O2/c1-9-10(5-3-6-11(9)15)14(17)13-12(18-2)7-4-8-16-13/h3-8H,15H2,1-2H3. The van der Waals surface area contributed by atoms with E-state index in [1.165, 1.54) is 7.11 Å². The minimum Gasteiger partial charge on any atom is -0.494 e. The van der Waals surface area contributed by atoms with Gasteiger partial charge in [0.15, 0.2) is 5.69 Å². The van der Waals surface area contributed by atoms with Gasteiger partial charge < -0.3 is 10.5 Å². The van der Waals surface area contributed by atoms with Crippen molar-refractivity contribution >= 4 is 11.5 Å². The molecule has 2 N–H and O–H groups in total. The first-order chi connectivity index (χ1) is 8.65. The number of aromatic nitrogens is 1. The van der Waals surface area contributed by atoms with Gasteiger partial charge in [0, 0.05) is 17.4 Å². The number of nitrogen functional groups attached to an aromatic ring is 1. The van der Waals surface area contributed by atoms with Gasteiger partial charge in [-0.05, 0) is 30.7 Å². The third-order valence-electron chi connectivity index (χ3n) is 2.83. The van der Waals surface area contributed by atoms with Crippen molar-refractivity contribution in [3.63, 3.8) is 0 Å². The van der Waals surface area contributed by atoms with Gasteiger partial charge in [0.25, 0.3) is 0 Å². The fraction of sp³-hybridized carbons (Fsp3) is 0.143. The number of anilines is 1. The third kappa shape index (κ3) is 2.05. The van der Waals surface area contributed by atoms with E-state index < -0.39 is 0 Å². The Labute approximate surface area is 105 Å². The maximum Gasteiger partial charge on any atom is 0.215 e. The van der Waals surface area contributed by atoms with Gasteiger partial charge in [0.1, 0.15) is 5.75 Å². The number of methoxy groups -OCH3 is 1. The summed E-state index contributed by atoms with van der Waals surface area (Å²) in [6.45, 7) is 1.82. The summed E-state index contributed by atoms with van der Waals surface area (Å²) in [7, 11) is 1.51. The molecule has 4 nitrogen and oxygen atoms in total. The van der Waals surface area contributed by atoms with Gasteiger partial charge >= 0.3 is 0 Å². The molecule has 0 fully saturated rings. The maximum absolute atomic E-state index is 12.4. The lowest BCUT2D eigenvalue weighted by Crippen LogP contribution is -2.09. The van der Waals surface area contributed by atoms with Crippen molar-refractivity contribution in [2.45, 2.75) is 6.92 Å². The van der Waals surface area contributed by atoms with Crippen molar-refractivity contribution in [3.8, 4) is 5.75 Å². The molecule has 2 rings (SSSR count). The highest BCUT2D eigenvalue weighted by molar-refractivity contribution is 6.10. The van der Waals surface area contributed by atoms with E-state index in [4.69, 9.17) is 10.5 Å². The van der Waals surface area contributed by atoms with Crippen molar-refractivity contribution < 1.29 is 9.53 Å². The van der Waals surface area contributed by atoms with Crippen LogP contribution in [0.1, 0.15) is 21.6 Å². The monoisotopic (exact) mass is 242 g/mol. The Hall–Kier alpha value is -2.36. The van der Waals surface area contributed by atoms with Crippen LogP contribution in [0, 0.1) is 6.92 Å². The Morgan fingerprint density at radius 2 is 2.06 bits per heavy atom. The Morgan fingerprint density at radius 3 is 2.78 bits per heavy atom. The fourth-order valence-corrected chi connectivity index (χ4v) is 1.75. The van der Waals surface area contributed by atoms with E-state index in [1.54, 1.807) is 36.5 Å². The number of nitrogens with zero attached hydrogens (tertiary/aromatic N) is 1. The van der Waals surface area contributed by atoms with E-state index in [0.717, 1.165) is 5.56 Å². The van der Waals surface area contributed by atoms with Crippen LogP contribution in [0.4, 0.5) is 5.69 Å². The third-order valence-corrected chi connectivity index (χ3v) is 2.83. The number of ether oxygens (including phenoxy) is 1. The minimum absolute atomic E-state index is 0.183. The molecule has 0 aliphatic heterocycles. The zero-order chi connectivity index (χ0) is 13.1. The summed E-state index contributed by atoms with van der Waals surface area (Å²) in [5, 5.41) is 0. The molecule has 0 radical (unpaired) electrons. The molecule has 0 saturated carbocycles. The Morgan fingerprint density at radius 1 is 1.28 bits per heavy atom. The summed E-state index contributed by atoms with van der Waals surface area (Å²) in [4.78, 5) is 16.5. The minimum atomic E-state index is -0.183. The molecular weight excluding hydrogens is 228 g/mol. The van der Waals surface area contributed by atoms with E-state index in [-0.39, 0.29) is 5.78 Å². The van der Waals surface area contributed by atoms with Crippen LogP contribution < -0.4 is 10.5 Å². The Bertz CT molecular complexity index is 594. The molecule has 2 aromatic rings. The molecule has 1 aromatic heterocycles. The maximum atomic E-state index is 12.4. The summed E-state index contributed by atoms with van der Waals surface area (Å²) < 4.78 is 5.14. The van der Waals surface area contributed by atoms with Gasteiger partial charge in [-0.25, -0.2) is 4.98 Å². The van der Waals surface area contributed by atoms with Crippen LogP contribution in [0.3, 0.4) is 0 Å². The van der Waals surface area contributed by atoms with E-state index in [1.807, 2.05) is 6.92 Å². The average molecular weight is 242 g/mol. The molecular formula is C14H14N2O2. The summed E-state index contributed by atoms with van der Waals surface area (Å²) in [5.41, 5.74) is 8.00. The summed E-state index contributed by atoms with van der Waals surface area (Å²) in [6, 6.07) is 8.69. The van der Waals surface area contributed by atoms with Crippen molar-refractivity contribution in [1.82, 2.24) is 4.98 Å². The van der Waals surface area contributed by atoms with Crippen LogP contribution in [-0.2, 0) is 0 Å². The molecule has 0 aliphatic rings. The predicted octanol–water partition coefficient (Wildman–Crippen LogP) is 2.21. The molecule has 92 valence electrons. The summed E-state index contributed by atoms with van der Waals surface area (Å²) in [5.74, 6) is 0.279. The first-order valence-corrected chi connectivity index (χ1v) is 5.54. The van der Waals surface area contributed by atoms with Crippen LogP contribution in [0.5, 0.6) is 5.75 Å².